The Kier molecular flexibility index (Phi) is 26.8. The third kappa shape index (κ3) is 16.3. The first-order chi connectivity index (χ1) is 7.69. The van der Waals surface area contributed by atoms with Gasteiger partial charge in [-0.25, -0.2) is 0 Å². The van der Waals surface area contributed by atoms with Crippen LogP contribution in [0.5, 0.6) is 0 Å². The number of nitrogens with zero attached hydrogens (tertiary/aromatic N) is 2. The second-order valence-electron chi connectivity index (χ2n) is 3.24. The van der Waals surface area contributed by atoms with Crippen LogP contribution in [-0.4, -0.2) is 59.6 Å². The van der Waals surface area contributed by atoms with E-state index in [1.165, 1.54) is 39.3 Å². The van der Waals surface area contributed by atoms with Gasteiger partial charge in [0.25, 0.3) is 0 Å². The molecule has 4 heteroatoms. The predicted molar refractivity (Wildman–Crippen MR) is 72.2 cm³/mol. The molecule has 0 fully saturated rings. The van der Waals surface area contributed by atoms with Crippen molar-refractivity contribution in [1.82, 2.24) is 9.80 Å². The van der Waals surface area contributed by atoms with Crippen molar-refractivity contribution in [2.24, 2.45) is 0 Å². The highest BCUT2D eigenvalue weighted by atomic mass is 17.0. The number of hydrogen-bond donors (Lipinski definition) is 2. The second-order valence-corrected chi connectivity index (χ2v) is 3.24. The van der Waals surface area contributed by atoms with Crippen LogP contribution in [0.15, 0.2) is 0 Å². The Balaban J connectivity index is -0.000000183. The lowest BCUT2D eigenvalue weighted by molar-refractivity contribution is -0.176. The van der Waals surface area contributed by atoms with Crippen LogP contribution in [0.4, 0.5) is 0 Å². The molecule has 2 N–H and O–H groups in total. The molecule has 0 bridgehead atoms. The van der Waals surface area contributed by atoms with Gasteiger partial charge in [0.05, 0.1) is 0 Å². The zero-order chi connectivity index (χ0) is 13.4. The minimum atomic E-state index is 1.19. The molecule has 0 spiro atoms. The SMILES string of the molecule is CCN(CC)CC.CCN(CC)CC.OO. The minimum absolute atomic E-state index is 1.19. The van der Waals surface area contributed by atoms with Gasteiger partial charge >= 0.3 is 0 Å². The Hall–Kier alpha value is -0.160. The summed E-state index contributed by atoms with van der Waals surface area (Å²) >= 11 is 0. The van der Waals surface area contributed by atoms with Crippen LogP contribution in [0.3, 0.4) is 0 Å². The summed E-state index contributed by atoms with van der Waals surface area (Å²) in [6.45, 7) is 20.2. The van der Waals surface area contributed by atoms with Crippen molar-refractivity contribution >= 4 is 0 Å². The van der Waals surface area contributed by atoms with Crippen molar-refractivity contribution < 1.29 is 10.5 Å². The molecular weight excluding hydrogens is 204 g/mol. The maximum absolute atomic E-state index is 6.00. The third-order valence-electron chi connectivity index (χ3n) is 2.68. The lowest BCUT2D eigenvalue weighted by Gasteiger charge is -2.13. The Bertz CT molecular complexity index is 72.0. The largest absolute Gasteiger partial charge is 0.304 e. The Labute approximate surface area is 102 Å². The molecule has 0 aliphatic heterocycles. The number of rotatable bonds is 6. The van der Waals surface area contributed by atoms with Crippen molar-refractivity contribution in [3.05, 3.63) is 0 Å². The molecule has 0 aromatic carbocycles. The zero-order valence-electron chi connectivity index (χ0n) is 12.0. The third-order valence-corrected chi connectivity index (χ3v) is 2.68. The van der Waals surface area contributed by atoms with Gasteiger partial charge in [0.15, 0.2) is 0 Å². The summed E-state index contributed by atoms with van der Waals surface area (Å²) in [6, 6.07) is 0. The molecule has 0 radical (unpaired) electrons. The smallest absolute Gasteiger partial charge is 0.00474 e. The molecule has 0 aliphatic rings. The van der Waals surface area contributed by atoms with E-state index in [1.807, 2.05) is 0 Å². The molecule has 0 saturated heterocycles. The predicted octanol–water partition coefficient (Wildman–Crippen LogP) is 2.71. The van der Waals surface area contributed by atoms with Crippen LogP contribution >= 0.6 is 0 Å². The Morgan fingerprint density at radius 2 is 0.625 bits per heavy atom. The van der Waals surface area contributed by atoms with Gasteiger partial charge in [0, 0.05) is 0 Å². The number of hydrogen-bond acceptors (Lipinski definition) is 4. The molecular formula is C12H32N2O2. The normalized spacial score (nSPS) is 9.38. The van der Waals surface area contributed by atoms with Gasteiger partial charge < -0.3 is 9.80 Å². The summed E-state index contributed by atoms with van der Waals surface area (Å²) in [4.78, 5) is 4.75. The second kappa shape index (κ2) is 20.3. The van der Waals surface area contributed by atoms with Gasteiger partial charge in [0.2, 0.25) is 0 Å². The van der Waals surface area contributed by atoms with Gasteiger partial charge in [-0.05, 0) is 39.3 Å². The highest BCUT2D eigenvalue weighted by molar-refractivity contribution is 4.44. The van der Waals surface area contributed by atoms with Crippen molar-refractivity contribution in [3.8, 4) is 0 Å². The molecule has 0 rings (SSSR count). The van der Waals surface area contributed by atoms with E-state index in [-0.39, 0.29) is 0 Å². The molecule has 0 atom stereocenters. The van der Waals surface area contributed by atoms with Gasteiger partial charge in [-0.3, -0.25) is 10.5 Å². The van der Waals surface area contributed by atoms with E-state index in [2.05, 4.69) is 51.3 Å². The average Bonchev–Trinajstić information content (AvgIpc) is 2.37. The minimum Gasteiger partial charge on any atom is -0.304 e. The fourth-order valence-electron chi connectivity index (χ4n) is 1.34. The summed E-state index contributed by atoms with van der Waals surface area (Å²) in [5.74, 6) is 0. The summed E-state index contributed by atoms with van der Waals surface area (Å²) < 4.78 is 0. The quantitative estimate of drug-likeness (QED) is 0.550. The standard InChI is InChI=1S/2C6H15N.H2O2/c2*1-4-7(5-2)6-3;1-2/h2*4-6H2,1-3H3;1-2H. The van der Waals surface area contributed by atoms with E-state index < -0.39 is 0 Å². The van der Waals surface area contributed by atoms with E-state index in [0.29, 0.717) is 0 Å². The first kappa shape index (κ1) is 21.2. The van der Waals surface area contributed by atoms with Crippen molar-refractivity contribution in [2.75, 3.05) is 39.3 Å². The van der Waals surface area contributed by atoms with Gasteiger partial charge in [-0.1, -0.05) is 41.5 Å². The molecule has 4 nitrogen and oxygen atoms in total. The molecule has 0 aromatic rings. The van der Waals surface area contributed by atoms with E-state index in [0.717, 1.165) is 0 Å². The van der Waals surface area contributed by atoms with E-state index in [1.54, 1.807) is 0 Å². The highest BCUT2D eigenvalue weighted by Gasteiger charge is 1.89. The Morgan fingerprint density at radius 1 is 0.500 bits per heavy atom. The maximum Gasteiger partial charge on any atom is -0.00474 e. The maximum atomic E-state index is 6.00. The molecule has 0 aliphatic carbocycles. The topological polar surface area (TPSA) is 46.9 Å². The van der Waals surface area contributed by atoms with E-state index >= 15 is 0 Å². The zero-order valence-corrected chi connectivity index (χ0v) is 12.0. The van der Waals surface area contributed by atoms with Crippen molar-refractivity contribution in [2.45, 2.75) is 41.5 Å². The van der Waals surface area contributed by atoms with E-state index in [4.69, 9.17) is 10.5 Å². The fourth-order valence-corrected chi connectivity index (χ4v) is 1.34. The van der Waals surface area contributed by atoms with Crippen molar-refractivity contribution in [1.29, 1.82) is 0 Å². The molecule has 0 unspecified atom stereocenters. The molecule has 0 heterocycles. The van der Waals surface area contributed by atoms with Crippen molar-refractivity contribution in [3.63, 3.8) is 0 Å². The van der Waals surface area contributed by atoms with E-state index in [9.17, 15) is 0 Å². The molecule has 16 heavy (non-hydrogen) atoms. The van der Waals surface area contributed by atoms with Crippen LogP contribution in [0.2, 0.25) is 0 Å². The molecule has 0 aromatic heterocycles. The highest BCUT2D eigenvalue weighted by Crippen LogP contribution is 1.82. The van der Waals surface area contributed by atoms with Crippen LogP contribution in [0, 0.1) is 0 Å². The summed E-state index contributed by atoms with van der Waals surface area (Å²) in [5.41, 5.74) is 0. The lowest BCUT2D eigenvalue weighted by Crippen LogP contribution is -2.21. The summed E-state index contributed by atoms with van der Waals surface area (Å²) in [5, 5.41) is 12.0. The molecule has 0 amide bonds. The fraction of sp³-hybridized carbons (Fsp3) is 1.00. The first-order valence-corrected chi connectivity index (χ1v) is 6.34. The summed E-state index contributed by atoms with van der Waals surface area (Å²) in [7, 11) is 0. The van der Waals surface area contributed by atoms with Crippen LogP contribution in [-0.2, 0) is 0 Å². The van der Waals surface area contributed by atoms with Crippen LogP contribution < -0.4 is 0 Å². The molecule has 0 saturated carbocycles. The monoisotopic (exact) mass is 236 g/mol. The Morgan fingerprint density at radius 3 is 0.625 bits per heavy atom. The van der Waals surface area contributed by atoms with Gasteiger partial charge in [0.1, 0.15) is 0 Å². The van der Waals surface area contributed by atoms with Gasteiger partial charge in [-0.15, -0.1) is 0 Å². The molecule has 102 valence electrons. The van der Waals surface area contributed by atoms with Crippen LogP contribution in [0.25, 0.3) is 0 Å². The lowest BCUT2D eigenvalue weighted by atomic mass is 10.5. The first-order valence-electron chi connectivity index (χ1n) is 6.34. The van der Waals surface area contributed by atoms with Crippen LogP contribution in [0.1, 0.15) is 41.5 Å². The van der Waals surface area contributed by atoms with Gasteiger partial charge in [-0.2, -0.15) is 0 Å². The average molecular weight is 236 g/mol. The summed E-state index contributed by atoms with van der Waals surface area (Å²) in [6.07, 6.45) is 0.